The zero-order chi connectivity index (χ0) is 19.8. The van der Waals surface area contributed by atoms with Gasteiger partial charge in [0.25, 0.3) is 0 Å². The molecule has 0 saturated carbocycles. The predicted molar refractivity (Wildman–Crippen MR) is 110 cm³/mol. The number of hydrogen-bond acceptors (Lipinski definition) is 5. The third kappa shape index (κ3) is 6.67. The van der Waals surface area contributed by atoms with E-state index in [0.717, 1.165) is 38.3 Å². The van der Waals surface area contributed by atoms with Crippen LogP contribution in [0, 0.1) is 0 Å². The average molecular weight is 406 g/mol. The van der Waals surface area contributed by atoms with Crippen LogP contribution in [0.25, 0.3) is 0 Å². The highest BCUT2D eigenvalue weighted by molar-refractivity contribution is 6.30. The van der Waals surface area contributed by atoms with Crippen LogP contribution < -0.4 is 9.47 Å². The molecule has 0 aromatic heterocycles. The molecule has 3 rings (SSSR count). The van der Waals surface area contributed by atoms with Gasteiger partial charge in [-0.05, 0) is 54.8 Å². The van der Waals surface area contributed by atoms with Gasteiger partial charge in [-0.1, -0.05) is 23.7 Å². The fourth-order valence-corrected chi connectivity index (χ4v) is 3.47. The lowest BCUT2D eigenvalue weighted by Crippen LogP contribution is -2.39. The van der Waals surface area contributed by atoms with Gasteiger partial charge in [0.2, 0.25) is 0 Å². The molecule has 0 unspecified atom stereocenters. The molecule has 1 N–H and O–H groups in total. The molecular weight excluding hydrogens is 378 g/mol. The third-order valence-electron chi connectivity index (χ3n) is 4.78. The Morgan fingerprint density at radius 1 is 1.14 bits per heavy atom. The van der Waals surface area contributed by atoms with E-state index < -0.39 is 6.10 Å². The molecule has 2 atom stereocenters. The highest BCUT2D eigenvalue weighted by Gasteiger charge is 2.21. The summed E-state index contributed by atoms with van der Waals surface area (Å²) in [5, 5.41) is 11.2. The monoisotopic (exact) mass is 405 g/mol. The van der Waals surface area contributed by atoms with Crippen molar-refractivity contribution in [1.29, 1.82) is 0 Å². The Morgan fingerprint density at radius 2 is 1.86 bits per heavy atom. The molecule has 1 heterocycles. The minimum absolute atomic E-state index is 0.225. The lowest BCUT2D eigenvalue weighted by Gasteiger charge is -2.27. The molecule has 0 aliphatic carbocycles. The topological polar surface area (TPSA) is 51.2 Å². The van der Waals surface area contributed by atoms with E-state index in [1.54, 1.807) is 31.4 Å². The van der Waals surface area contributed by atoms with Gasteiger partial charge in [0.15, 0.2) is 0 Å². The molecule has 152 valence electrons. The van der Waals surface area contributed by atoms with Gasteiger partial charge in [0, 0.05) is 31.3 Å². The molecule has 6 heteroatoms. The summed E-state index contributed by atoms with van der Waals surface area (Å²) in [6.45, 7) is 3.10. The van der Waals surface area contributed by atoms with Gasteiger partial charge in [-0.25, -0.2) is 0 Å². The van der Waals surface area contributed by atoms with Crippen molar-refractivity contribution in [2.45, 2.75) is 31.6 Å². The number of halogens is 1. The number of rotatable bonds is 10. The van der Waals surface area contributed by atoms with Crippen molar-refractivity contribution in [2.75, 3.05) is 33.4 Å². The fourth-order valence-electron chi connectivity index (χ4n) is 3.34. The maximum atomic E-state index is 10.5. The van der Waals surface area contributed by atoms with Gasteiger partial charge in [0.05, 0.1) is 13.2 Å². The number of ether oxygens (including phenoxy) is 3. The van der Waals surface area contributed by atoms with Gasteiger partial charge in [-0.15, -0.1) is 0 Å². The Bertz CT molecular complexity index is 701. The first kappa shape index (κ1) is 20.9. The molecule has 0 bridgehead atoms. The van der Waals surface area contributed by atoms with Crippen molar-refractivity contribution in [3.8, 4) is 11.5 Å². The number of benzene rings is 2. The van der Waals surface area contributed by atoms with E-state index in [0.29, 0.717) is 17.3 Å². The normalized spacial score (nSPS) is 17.6. The second-order valence-corrected chi connectivity index (χ2v) is 7.53. The fraction of sp³-hybridized carbons (Fsp3) is 0.455. The summed E-state index contributed by atoms with van der Waals surface area (Å²) in [6.07, 6.45) is 1.79. The van der Waals surface area contributed by atoms with Crippen molar-refractivity contribution >= 4 is 11.6 Å². The molecule has 0 radical (unpaired) electrons. The molecule has 0 spiro atoms. The van der Waals surface area contributed by atoms with E-state index in [-0.39, 0.29) is 12.7 Å². The molecule has 1 fully saturated rings. The third-order valence-corrected chi connectivity index (χ3v) is 5.03. The molecule has 1 aliphatic heterocycles. The number of methoxy groups -OCH3 is 1. The minimum Gasteiger partial charge on any atom is -0.497 e. The Kier molecular flexibility index (Phi) is 7.98. The smallest absolute Gasteiger partial charge is 0.119 e. The number of hydrogen-bond donors (Lipinski definition) is 1. The first-order valence-electron chi connectivity index (χ1n) is 9.65. The Labute approximate surface area is 171 Å². The van der Waals surface area contributed by atoms with Crippen LogP contribution in [0.5, 0.6) is 11.5 Å². The van der Waals surface area contributed by atoms with Crippen LogP contribution >= 0.6 is 11.6 Å². The predicted octanol–water partition coefficient (Wildman–Crippen LogP) is 3.77. The van der Waals surface area contributed by atoms with E-state index in [4.69, 9.17) is 25.8 Å². The zero-order valence-electron chi connectivity index (χ0n) is 16.2. The van der Waals surface area contributed by atoms with Crippen molar-refractivity contribution in [3.05, 3.63) is 59.1 Å². The van der Waals surface area contributed by atoms with Gasteiger partial charge in [0.1, 0.15) is 24.2 Å². The first-order valence-corrected chi connectivity index (χ1v) is 10.0. The quantitative estimate of drug-likeness (QED) is 0.652. The molecule has 28 heavy (non-hydrogen) atoms. The summed E-state index contributed by atoms with van der Waals surface area (Å²) in [6, 6.07) is 15.2. The number of nitrogens with zero attached hydrogens (tertiary/aromatic N) is 1. The first-order chi connectivity index (χ1) is 13.6. The standard InChI is InChI=1S/C22H28ClNO4/c1-26-20-8-4-17(5-9-20)13-24(15-22-3-2-12-27-22)14-19(25)16-28-21-10-6-18(23)7-11-21/h4-11,19,22,25H,2-3,12-16H2,1H3/t19-,22+/m1/s1. The Morgan fingerprint density at radius 3 is 2.50 bits per heavy atom. The lowest BCUT2D eigenvalue weighted by atomic mass is 10.1. The van der Waals surface area contributed by atoms with Crippen LogP contribution in [-0.2, 0) is 11.3 Å². The Hall–Kier alpha value is -1.79. The number of aliphatic hydroxyl groups excluding tert-OH is 1. The average Bonchev–Trinajstić information content (AvgIpc) is 3.21. The van der Waals surface area contributed by atoms with Crippen molar-refractivity contribution in [2.24, 2.45) is 0 Å². The summed E-state index contributed by atoms with van der Waals surface area (Å²) in [4.78, 5) is 2.23. The van der Waals surface area contributed by atoms with E-state index in [9.17, 15) is 5.11 Å². The second kappa shape index (κ2) is 10.7. The largest absolute Gasteiger partial charge is 0.497 e. The van der Waals surface area contributed by atoms with Crippen LogP contribution in [0.2, 0.25) is 5.02 Å². The molecule has 2 aromatic carbocycles. The van der Waals surface area contributed by atoms with Crippen LogP contribution in [-0.4, -0.2) is 55.6 Å². The van der Waals surface area contributed by atoms with Crippen LogP contribution in [0.4, 0.5) is 0 Å². The van der Waals surface area contributed by atoms with E-state index in [1.807, 2.05) is 12.1 Å². The van der Waals surface area contributed by atoms with E-state index in [2.05, 4.69) is 17.0 Å². The second-order valence-electron chi connectivity index (χ2n) is 7.10. The highest BCUT2D eigenvalue weighted by atomic mass is 35.5. The zero-order valence-corrected chi connectivity index (χ0v) is 17.0. The minimum atomic E-state index is -0.602. The van der Waals surface area contributed by atoms with Gasteiger partial charge < -0.3 is 19.3 Å². The van der Waals surface area contributed by atoms with E-state index in [1.165, 1.54) is 5.56 Å². The summed E-state index contributed by atoms with van der Waals surface area (Å²) in [7, 11) is 1.66. The molecule has 2 aromatic rings. The summed E-state index contributed by atoms with van der Waals surface area (Å²) < 4.78 is 16.7. The van der Waals surface area contributed by atoms with Crippen molar-refractivity contribution in [3.63, 3.8) is 0 Å². The SMILES string of the molecule is COc1ccc(CN(C[C@@H](O)COc2ccc(Cl)cc2)C[C@@H]2CCCO2)cc1. The van der Waals surface area contributed by atoms with Gasteiger partial charge in [-0.2, -0.15) is 0 Å². The molecule has 1 saturated heterocycles. The maximum Gasteiger partial charge on any atom is 0.119 e. The maximum absolute atomic E-state index is 10.5. The summed E-state index contributed by atoms with van der Waals surface area (Å²) in [5.41, 5.74) is 1.17. The van der Waals surface area contributed by atoms with Crippen molar-refractivity contribution < 1.29 is 19.3 Å². The Balaban J connectivity index is 1.55. The molecule has 5 nitrogen and oxygen atoms in total. The lowest BCUT2D eigenvalue weighted by molar-refractivity contribution is 0.0313. The van der Waals surface area contributed by atoms with Crippen LogP contribution in [0.3, 0.4) is 0 Å². The molecular formula is C22H28ClNO4. The van der Waals surface area contributed by atoms with Crippen LogP contribution in [0.15, 0.2) is 48.5 Å². The number of aliphatic hydroxyl groups is 1. The highest BCUT2D eigenvalue weighted by Crippen LogP contribution is 2.18. The van der Waals surface area contributed by atoms with Gasteiger partial charge >= 0.3 is 0 Å². The van der Waals surface area contributed by atoms with Gasteiger partial charge in [-0.3, -0.25) is 4.90 Å². The summed E-state index contributed by atoms with van der Waals surface area (Å²) >= 11 is 5.89. The van der Waals surface area contributed by atoms with E-state index >= 15 is 0 Å². The van der Waals surface area contributed by atoms with Crippen LogP contribution in [0.1, 0.15) is 18.4 Å². The van der Waals surface area contributed by atoms with Crippen molar-refractivity contribution in [1.82, 2.24) is 4.90 Å². The molecule has 0 amide bonds. The molecule has 1 aliphatic rings. The summed E-state index contributed by atoms with van der Waals surface area (Å²) in [5.74, 6) is 1.54.